The molecule has 1 aromatic heterocycles. The van der Waals surface area contributed by atoms with E-state index in [2.05, 4.69) is 0 Å². The first-order valence-electron chi connectivity index (χ1n) is 6.27. The lowest BCUT2D eigenvalue weighted by molar-refractivity contribution is 0.423. The number of hydrogen-bond donors (Lipinski definition) is 0. The van der Waals surface area contributed by atoms with Crippen molar-refractivity contribution in [3.05, 3.63) is 18.0 Å². The minimum atomic E-state index is -3.34. The van der Waals surface area contributed by atoms with Gasteiger partial charge in [0.05, 0.1) is 5.88 Å². The predicted octanol–water partition coefficient (Wildman–Crippen LogP) is 2.33. The summed E-state index contributed by atoms with van der Waals surface area (Å²) in [6.45, 7) is 1.26. The van der Waals surface area contributed by atoms with Crippen molar-refractivity contribution in [1.82, 2.24) is 8.87 Å². The van der Waals surface area contributed by atoms with Crippen molar-refractivity contribution >= 4 is 21.6 Å². The lowest BCUT2D eigenvalue weighted by Crippen LogP contribution is -2.31. The molecular weight excluding hydrogens is 272 g/mol. The third-order valence-electron chi connectivity index (χ3n) is 3.42. The van der Waals surface area contributed by atoms with Crippen molar-refractivity contribution in [2.75, 3.05) is 13.1 Å². The Morgan fingerprint density at radius 3 is 2.33 bits per heavy atom. The summed E-state index contributed by atoms with van der Waals surface area (Å²) < 4.78 is 28.4. The van der Waals surface area contributed by atoms with Gasteiger partial charge in [-0.2, -0.15) is 4.31 Å². The van der Waals surface area contributed by atoms with Crippen LogP contribution in [-0.2, 0) is 23.0 Å². The second-order valence-corrected chi connectivity index (χ2v) is 6.94. The van der Waals surface area contributed by atoms with Gasteiger partial charge in [0.2, 0.25) is 10.0 Å². The first kappa shape index (κ1) is 13.9. The maximum Gasteiger partial charge on any atom is 0.244 e. The quantitative estimate of drug-likeness (QED) is 0.802. The minimum absolute atomic E-state index is 0.325. The van der Waals surface area contributed by atoms with Crippen LogP contribution >= 0.6 is 11.6 Å². The zero-order valence-electron chi connectivity index (χ0n) is 10.6. The standard InChI is InChI=1S/C12H19ClN2O2S/c1-14-10-12(8-11(14)9-13)18(16,17)15-6-4-2-3-5-7-15/h8,10H,2-7,9H2,1H3. The van der Waals surface area contributed by atoms with Crippen molar-refractivity contribution < 1.29 is 8.42 Å². The minimum Gasteiger partial charge on any atom is -0.352 e. The van der Waals surface area contributed by atoms with Gasteiger partial charge in [0.25, 0.3) is 0 Å². The first-order chi connectivity index (χ1) is 8.55. The van der Waals surface area contributed by atoms with E-state index in [0.717, 1.165) is 31.4 Å². The Kier molecular flexibility index (Phi) is 4.35. The number of alkyl halides is 1. The SMILES string of the molecule is Cn1cc(S(=O)(=O)N2CCCCCC2)cc1CCl. The van der Waals surface area contributed by atoms with Crippen LogP contribution in [0.2, 0.25) is 0 Å². The molecule has 1 fully saturated rings. The summed E-state index contributed by atoms with van der Waals surface area (Å²) in [7, 11) is -1.52. The Morgan fingerprint density at radius 1 is 1.22 bits per heavy atom. The molecule has 0 spiro atoms. The van der Waals surface area contributed by atoms with Crippen LogP contribution in [0.3, 0.4) is 0 Å². The van der Waals surface area contributed by atoms with Crippen LogP contribution in [0.25, 0.3) is 0 Å². The van der Waals surface area contributed by atoms with Crippen LogP contribution in [0, 0.1) is 0 Å². The van der Waals surface area contributed by atoms with Gasteiger partial charge >= 0.3 is 0 Å². The highest BCUT2D eigenvalue weighted by Gasteiger charge is 2.26. The number of nitrogens with zero attached hydrogens (tertiary/aromatic N) is 2. The molecule has 0 aliphatic carbocycles. The van der Waals surface area contributed by atoms with Crippen LogP contribution in [0.4, 0.5) is 0 Å². The average Bonchev–Trinajstić information content (AvgIpc) is 2.55. The Morgan fingerprint density at radius 2 is 1.83 bits per heavy atom. The van der Waals surface area contributed by atoms with Crippen molar-refractivity contribution in [3.8, 4) is 0 Å². The Labute approximate surface area is 114 Å². The van der Waals surface area contributed by atoms with Crippen molar-refractivity contribution in [1.29, 1.82) is 0 Å². The fourth-order valence-electron chi connectivity index (χ4n) is 2.28. The van der Waals surface area contributed by atoms with Gasteiger partial charge < -0.3 is 4.57 Å². The van der Waals surface area contributed by atoms with Crippen LogP contribution in [0.5, 0.6) is 0 Å². The fourth-order valence-corrected chi connectivity index (χ4v) is 4.16. The molecule has 0 amide bonds. The van der Waals surface area contributed by atoms with Crippen LogP contribution in [-0.4, -0.2) is 30.4 Å². The molecule has 0 radical (unpaired) electrons. The van der Waals surface area contributed by atoms with E-state index in [1.54, 1.807) is 21.1 Å². The van der Waals surface area contributed by atoms with Gasteiger partial charge in [-0.25, -0.2) is 8.42 Å². The Hall–Kier alpha value is -0.520. The maximum absolute atomic E-state index is 12.5. The molecule has 18 heavy (non-hydrogen) atoms. The van der Waals surface area contributed by atoms with E-state index >= 15 is 0 Å². The van der Waals surface area contributed by atoms with Crippen LogP contribution in [0.15, 0.2) is 17.2 Å². The third-order valence-corrected chi connectivity index (χ3v) is 5.56. The van der Waals surface area contributed by atoms with E-state index in [4.69, 9.17) is 11.6 Å². The molecule has 0 aromatic carbocycles. The number of sulfonamides is 1. The molecule has 6 heteroatoms. The number of rotatable bonds is 3. The zero-order chi connectivity index (χ0) is 13.2. The second kappa shape index (κ2) is 5.63. The van der Waals surface area contributed by atoms with E-state index in [1.807, 2.05) is 7.05 Å². The summed E-state index contributed by atoms with van der Waals surface area (Å²) in [4.78, 5) is 0.363. The fraction of sp³-hybridized carbons (Fsp3) is 0.667. The molecule has 4 nitrogen and oxygen atoms in total. The summed E-state index contributed by atoms with van der Waals surface area (Å²) in [6, 6.07) is 1.67. The van der Waals surface area contributed by atoms with E-state index < -0.39 is 10.0 Å². The number of hydrogen-bond acceptors (Lipinski definition) is 2. The third kappa shape index (κ3) is 2.73. The Bertz CT molecular complexity index is 502. The normalized spacial score (nSPS) is 18.8. The number of halogens is 1. The van der Waals surface area contributed by atoms with Gasteiger partial charge in [0.15, 0.2) is 0 Å². The molecule has 102 valence electrons. The van der Waals surface area contributed by atoms with Crippen LogP contribution in [0.1, 0.15) is 31.4 Å². The van der Waals surface area contributed by atoms with Crippen LogP contribution < -0.4 is 0 Å². The molecule has 0 N–H and O–H groups in total. The van der Waals surface area contributed by atoms with E-state index in [9.17, 15) is 8.42 Å². The van der Waals surface area contributed by atoms with E-state index in [0.29, 0.717) is 23.9 Å². The Balaban J connectivity index is 2.28. The molecule has 1 saturated heterocycles. The average molecular weight is 291 g/mol. The molecule has 1 aromatic rings. The molecule has 0 atom stereocenters. The van der Waals surface area contributed by atoms with Gasteiger partial charge in [-0.3, -0.25) is 0 Å². The number of aromatic nitrogens is 1. The molecule has 1 aliphatic heterocycles. The van der Waals surface area contributed by atoms with Crippen molar-refractivity contribution in [2.24, 2.45) is 7.05 Å². The first-order valence-corrected chi connectivity index (χ1v) is 8.24. The van der Waals surface area contributed by atoms with Gasteiger partial charge in [-0.15, -0.1) is 11.6 Å². The summed E-state index contributed by atoms with van der Waals surface area (Å²) in [5, 5.41) is 0. The molecule has 0 saturated carbocycles. The molecule has 1 aliphatic rings. The molecule has 2 rings (SSSR count). The summed E-state index contributed by atoms with van der Waals surface area (Å²) >= 11 is 5.78. The zero-order valence-corrected chi connectivity index (χ0v) is 12.2. The van der Waals surface area contributed by atoms with Gasteiger partial charge in [-0.05, 0) is 18.9 Å². The number of aryl methyl sites for hydroxylation is 1. The van der Waals surface area contributed by atoms with Gasteiger partial charge in [-0.1, -0.05) is 12.8 Å². The van der Waals surface area contributed by atoms with Gasteiger partial charge in [0.1, 0.15) is 4.90 Å². The second-order valence-electron chi connectivity index (χ2n) is 4.73. The highest BCUT2D eigenvalue weighted by molar-refractivity contribution is 7.89. The van der Waals surface area contributed by atoms with E-state index in [-0.39, 0.29) is 0 Å². The highest BCUT2D eigenvalue weighted by atomic mass is 35.5. The summed E-state index contributed by atoms with van der Waals surface area (Å²) in [5.74, 6) is 0.325. The molecule has 0 bridgehead atoms. The smallest absolute Gasteiger partial charge is 0.244 e. The van der Waals surface area contributed by atoms with Crippen molar-refractivity contribution in [2.45, 2.75) is 36.5 Å². The van der Waals surface area contributed by atoms with E-state index in [1.165, 1.54) is 0 Å². The lowest BCUT2D eigenvalue weighted by atomic mass is 10.2. The largest absolute Gasteiger partial charge is 0.352 e. The lowest BCUT2D eigenvalue weighted by Gasteiger charge is -2.18. The summed E-state index contributed by atoms with van der Waals surface area (Å²) in [6.07, 6.45) is 5.79. The predicted molar refractivity (Wildman–Crippen MR) is 72.2 cm³/mol. The molecule has 2 heterocycles. The molecular formula is C12H19ClN2O2S. The maximum atomic E-state index is 12.5. The van der Waals surface area contributed by atoms with Gasteiger partial charge in [0, 0.05) is 32.0 Å². The topological polar surface area (TPSA) is 42.3 Å². The highest BCUT2D eigenvalue weighted by Crippen LogP contribution is 2.22. The van der Waals surface area contributed by atoms with Crippen molar-refractivity contribution in [3.63, 3.8) is 0 Å². The summed E-state index contributed by atoms with van der Waals surface area (Å²) in [5.41, 5.74) is 0.824. The molecule has 0 unspecified atom stereocenters. The monoisotopic (exact) mass is 290 g/mol.